The van der Waals surface area contributed by atoms with E-state index in [1.807, 2.05) is 30.0 Å². The molecule has 0 unspecified atom stereocenters. The van der Waals surface area contributed by atoms with E-state index < -0.39 is 0 Å². The van der Waals surface area contributed by atoms with Gasteiger partial charge in [0.05, 0.1) is 0 Å². The van der Waals surface area contributed by atoms with E-state index in [2.05, 4.69) is 49.9 Å². The average Bonchev–Trinajstić information content (AvgIpc) is 2.67. The number of halogens is 1. The number of hydrogen-bond donors (Lipinski definition) is 0. The second-order valence-corrected chi connectivity index (χ2v) is 9.26. The first-order chi connectivity index (χ1) is 13.7. The number of amides is 1. The van der Waals surface area contributed by atoms with Gasteiger partial charge in [-0.1, -0.05) is 56.6 Å². The molecule has 0 aliphatic carbocycles. The van der Waals surface area contributed by atoms with Gasteiger partial charge in [-0.05, 0) is 47.2 Å². The summed E-state index contributed by atoms with van der Waals surface area (Å²) in [5, 5.41) is 0.757. The van der Waals surface area contributed by atoms with Gasteiger partial charge in [0.25, 0.3) is 5.91 Å². The minimum Gasteiger partial charge on any atom is -0.483 e. The summed E-state index contributed by atoms with van der Waals surface area (Å²) in [5.74, 6) is 0.865. The number of rotatable bonds is 5. The van der Waals surface area contributed by atoms with Gasteiger partial charge in [-0.15, -0.1) is 0 Å². The molecule has 1 saturated heterocycles. The lowest BCUT2D eigenvalue weighted by molar-refractivity contribution is -0.135. The second-order valence-electron chi connectivity index (χ2n) is 8.82. The van der Waals surface area contributed by atoms with Crippen LogP contribution in [-0.2, 0) is 16.8 Å². The van der Waals surface area contributed by atoms with Gasteiger partial charge in [0.1, 0.15) is 5.75 Å². The van der Waals surface area contributed by atoms with Gasteiger partial charge in [-0.25, -0.2) is 0 Å². The van der Waals surface area contributed by atoms with Crippen molar-refractivity contribution < 1.29 is 9.53 Å². The minimum atomic E-state index is -0.0284. The molecular weight excluding hydrogens is 384 g/mol. The van der Waals surface area contributed by atoms with E-state index in [0.717, 1.165) is 54.6 Å². The summed E-state index contributed by atoms with van der Waals surface area (Å²) in [7, 11) is 0. The maximum Gasteiger partial charge on any atom is 0.260 e. The van der Waals surface area contributed by atoms with Gasteiger partial charge in [0.15, 0.2) is 6.61 Å². The molecule has 0 bridgehead atoms. The van der Waals surface area contributed by atoms with Crippen molar-refractivity contribution >= 4 is 17.5 Å². The topological polar surface area (TPSA) is 32.8 Å². The molecule has 1 aliphatic rings. The molecule has 156 valence electrons. The molecule has 1 amide bonds. The molecule has 0 saturated carbocycles. The predicted molar refractivity (Wildman–Crippen MR) is 119 cm³/mol. The number of hydrogen-bond acceptors (Lipinski definition) is 3. The Hall–Kier alpha value is -2.04. The highest BCUT2D eigenvalue weighted by Gasteiger charge is 2.23. The minimum absolute atomic E-state index is 0.0284. The van der Waals surface area contributed by atoms with Gasteiger partial charge < -0.3 is 9.64 Å². The number of ether oxygens (including phenoxy) is 1. The molecule has 0 spiro atoms. The first kappa shape index (κ1) is 21.7. The van der Waals surface area contributed by atoms with E-state index in [1.165, 1.54) is 5.56 Å². The van der Waals surface area contributed by atoms with Crippen LogP contribution >= 0.6 is 11.6 Å². The third-order valence-electron chi connectivity index (χ3n) is 5.34. The molecule has 2 aromatic rings. The molecule has 5 heteroatoms. The monoisotopic (exact) mass is 414 g/mol. The van der Waals surface area contributed by atoms with Gasteiger partial charge in [-0.2, -0.15) is 0 Å². The molecule has 0 N–H and O–H groups in total. The normalized spacial score (nSPS) is 15.4. The van der Waals surface area contributed by atoms with Crippen LogP contribution in [0.1, 0.15) is 37.5 Å². The number of carbonyl (C=O) groups is 1. The van der Waals surface area contributed by atoms with E-state index >= 15 is 0 Å². The quantitative estimate of drug-likeness (QED) is 0.712. The number of piperazine rings is 1. The lowest BCUT2D eigenvalue weighted by Gasteiger charge is -2.34. The largest absolute Gasteiger partial charge is 0.483 e. The Bertz CT molecular complexity index is 835. The number of aryl methyl sites for hydroxylation is 1. The van der Waals surface area contributed by atoms with Gasteiger partial charge in [0, 0.05) is 37.7 Å². The van der Waals surface area contributed by atoms with Crippen LogP contribution in [0.4, 0.5) is 0 Å². The molecule has 2 aromatic carbocycles. The highest BCUT2D eigenvalue weighted by Crippen LogP contribution is 2.32. The SMILES string of the molecule is Cc1ccc(C(C)(C)C)c(OCC(=O)N2CCN(Cc3ccc(Cl)cc3)CC2)c1. The predicted octanol–water partition coefficient (Wildman–Crippen LogP) is 4.67. The number of nitrogens with zero attached hydrogens (tertiary/aromatic N) is 2. The van der Waals surface area contributed by atoms with Crippen LogP contribution in [0.25, 0.3) is 0 Å². The van der Waals surface area contributed by atoms with Crippen LogP contribution < -0.4 is 4.74 Å². The summed E-state index contributed by atoms with van der Waals surface area (Å²) < 4.78 is 5.98. The summed E-state index contributed by atoms with van der Waals surface area (Å²) in [6, 6.07) is 14.2. The van der Waals surface area contributed by atoms with Crippen molar-refractivity contribution in [3.63, 3.8) is 0 Å². The Balaban J connectivity index is 1.51. The molecule has 4 nitrogen and oxygen atoms in total. The Labute approximate surface area is 179 Å². The molecule has 1 aliphatic heterocycles. The summed E-state index contributed by atoms with van der Waals surface area (Å²) in [4.78, 5) is 17.0. The first-order valence-corrected chi connectivity index (χ1v) is 10.6. The van der Waals surface area contributed by atoms with Gasteiger partial charge in [0.2, 0.25) is 0 Å². The maximum absolute atomic E-state index is 12.7. The molecule has 0 atom stereocenters. The standard InChI is InChI=1S/C24H31ClN2O2/c1-18-5-10-21(24(2,3)4)22(15-18)29-17-23(28)27-13-11-26(12-14-27)16-19-6-8-20(25)9-7-19/h5-10,15H,11-14,16-17H2,1-4H3. The number of carbonyl (C=O) groups excluding carboxylic acids is 1. The van der Waals surface area contributed by atoms with Crippen molar-refractivity contribution in [1.29, 1.82) is 0 Å². The zero-order chi connectivity index (χ0) is 21.0. The number of benzene rings is 2. The average molecular weight is 415 g/mol. The van der Waals surface area contributed by atoms with Crippen molar-refractivity contribution in [3.05, 3.63) is 64.2 Å². The second kappa shape index (κ2) is 9.19. The van der Waals surface area contributed by atoms with Crippen LogP contribution in [0.5, 0.6) is 5.75 Å². The molecule has 29 heavy (non-hydrogen) atoms. The van der Waals surface area contributed by atoms with Crippen molar-refractivity contribution in [2.24, 2.45) is 0 Å². The summed E-state index contributed by atoms with van der Waals surface area (Å²) in [6.45, 7) is 12.7. The molecule has 0 radical (unpaired) electrons. The van der Waals surface area contributed by atoms with E-state index in [1.54, 1.807) is 0 Å². The van der Waals surface area contributed by atoms with Crippen LogP contribution in [0.3, 0.4) is 0 Å². The first-order valence-electron chi connectivity index (χ1n) is 10.2. The summed E-state index contributed by atoms with van der Waals surface area (Å²) in [6.07, 6.45) is 0. The zero-order valence-electron chi connectivity index (χ0n) is 17.9. The highest BCUT2D eigenvalue weighted by molar-refractivity contribution is 6.30. The molecule has 1 fully saturated rings. The fourth-order valence-electron chi connectivity index (χ4n) is 3.60. The third kappa shape index (κ3) is 5.97. The third-order valence-corrected chi connectivity index (χ3v) is 5.59. The Morgan fingerprint density at radius 3 is 2.31 bits per heavy atom. The van der Waals surface area contributed by atoms with Crippen molar-refractivity contribution in [2.45, 2.75) is 39.7 Å². The van der Waals surface area contributed by atoms with E-state index in [-0.39, 0.29) is 17.9 Å². The van der Waals surface area contributed by atoms with Gasteiger partial charge in [-0.3, -0.25) is 9.69 Å². The Morgan fingerprint density at radius 1 is 1.03 bits per heavy atom. The lowest BCUT2D eigenvalue weighted by Crippen LogP contribution is -2.49. The molecule has 1 heterocycles. The van der Waals surface area contributed by atoms with E-state index in [0.29, 0.717) is 0 Å². The van der Waals surface area contributed by atoms with E-state index in [4.69, 9.17) is 16.3 Å². The molecular formula is C24H31ClN2O2. The zero-order valence-corrected chi connectivity index (χ0v) is 18.6. The summed E-state index contributed by atoms with van der Waals surface area (Å²) >= 11 is 5.96. The maximum atomic E-state index is 12.7. The Kier molecular flexibility index (Phi) is 6.86. The van der Waals surface area contributed by atoms with Crippen molar-refractivity contribution in [1.82, 2.24) is 9.80 Å². The van der Waals surface area contributed by atoms with Crippen molar-refractivity contribution in [2.75, 3.05) is 32.8 Å². The Morgan fingerprint density at radius 2 is 1.69 bits per heavy atom. The van der Waals surface area contributed by atoms with Crippen LogP contribution in [-0.4, -0.2) is 48.5 Å². The smallest absolute Gasteiger partial charge is 0.260 e. The molecule has 3 rings (SSSR count). The summed E-state index contributed by atoms with van der Waals surface area (Å²) in [5.41, 5.74) is 3.48. The van der Waals surface area contributed by atoms with Crippen molar-refractivity contribution in [3.8, 4) is 5.75 Å². The van der Waals surface area contributed by atoms with Crippen LogP contribution in [0.2, 0.25) is 5.02 Å². The van der Waals surface area contributed by atoms with Crippen LogP contribution in [0.15, 0.2) is 42.5 Å². The fourth-order valence-corrected chi connectivity index (χ4v) is 3.73. The van der Waals surface area contributed by atoms with Gasteiger partial charge >= 0.3 is 0 Å². The lowest BCUT2D eigenvalue weighted by atomic mass is 9.86. The molecule has 0 aromatic heterocycles. The fraction of sp³-hybridized carbons (Fsp3) is 0.458. The highest BCUT2D eigenvalue weighted by atomic mass is 35.5. The van der Waals surface area contributed by atoms with Crippen LogP contribution in [0, 0.1) is 6.92 Å². The van der Waals surface area contributed by atoms with E-state index in [9.17, 15) is 4.79 Å².